The fraction of sp³-hybridized carbons (Fsp3) is 0. The van der Waals surface area contributed by atoms with E-state index in [1.807, 2.05) is 0 Å². The number of H-pyrrole nitrogens is 1. The van der Waals surface area contributed by atoms with Gasteiger partial charge in [-0.15, -0.1) is 0 Å². The Morgan fingerprint density at radius 1 is 1.11 bits per heavy atom. The zero-order chi connectivity index (χ0) is 13.6. The molecule has 0 saturated heterocycles. The van der Waals surface area contributed by atoms with Crippen molar-refractivity contribution in [2.75, 3.05) is 5.73 Å². The normalized spacial score (nSPS) is 11.1. The maximum absolute atomic E-state index is 13.7. The third-order valence-corrected chi connectivity index (χ3v) is 3.38. The maximum atomic E-state index is 13.7. The lowest BCUT2D eigenvalue weighted by atomic mass is 10.2. The van der Waals surface area contributed by atoms with Crippen LogP contribution in [0.3, 0.4) is 0 Å². The molecular weight excluding hydrogens is 316 g/mol. The second-order valence-electron chi connectivity index (χ2n) is 4.11. The molecule has 19 heavy (non-hydrogen) atoms. The zero-order valence-electron chi connectivity index (χ0n) is 9.55. The van der Waals surface area contributed by atoms with Gasteiger partial charge in [0.05, 0.1) is 21.1 Å². The summed E-state index contributed by atoms with van der Waals surface area (Å²) in [7, 11) is 0. The molecule has 0 bridgehead atoms. The molecule has 1 aromatic heterocycles. The van der Waals surface area contributed by atoms with E-state index in [-0.39, 0.29) is 5.56 Å². The molecule has 0 aliphatic rings. The van der Waals surface area contributed by atoms with Gasteiger partial charge in [-0.2, -0.15) is 0 Å². The first-order valence-corrected chi connectivity index (χ1v) is 6.24. The molecular formula is C13H8BrF2N3. The minimum Gasteiger partial charge on any atom is -0.399 e. The summed E-state index contributed by atoms with van der Waals surface area (Å²) < 4.78 is 27.5. The van der Waals surface area contributed by atoms with Crippen LogP contribution in [0.4, 0.5) is 14.5 Å². The van der Waals surface area contributed by atoms with E-state index < -0.39 is 11.6 Å². The van der Waals surface area contributed by atoms with Crippen molar-refractivity contribution in [3.63, 3.8) is 0 Å². The standard InChI is InChI=1S/C13H8BrF2N3/c14-8-4-11-12(5-10(8)16)19-13(18-11)7-3-6(17)1-2-9(7)15/h1-5H,17H2,(H,18,19). The van der Waals surface area contributed by atoms with Gasteiger partial charge in [-0.1, -0.05) is 0 Å². The first kappa shape index (κ1) is 12.1. The lowest BCUT2D eigenvalue weighted by Crippen LogP contribution is -1.90. The fourth-order valence-electron chi connectivity index (χ4n) is 1.86. The molecule has 0 aliphatic carbocycles. The minimum absolute atomic E-state index is 0.257. The molecule has 0 unspecified atom stereocenters. The van der Waals surface area contributed by atoms with E-state index >= 15 is 0 Å². The van der Waals surface area contributed by atoms with Crippen LogP contribution >= 0.6 is 15.9 Å². The summed E-state index contributed by atoms with van der Waals surface area (Å²) in [5, 5.41) is 0. The molecule has 2 aromatic carbocycles. The number of aromatic nitrogens is 2. The molecule has 0 saturated carbocycles. The maximum Gasteiger partial charge on any atom is 0.141 e. The van der Waals surface area contributed by atoms with E-state index in [0.717, 1.165) is 0 Å². The second kappa shape index (κ2) is 4.31. The lowest BCUT2D eigenvalue weighted by Gasteiger charge is -2.00. The molecule has 3 aromatic rings. The molecule has 0 fully saturated rings. The number of aromatic amines is 1. The number of nitrogens with two attached hydrogens (primary N) is 1. The third-order valence-electron chi connectivity index (χ3n) is 2.77. The van der Waals surface area contributed by atoms with E-state index in [9.17, 15) is 8.78 Å². The molecule has 0 spiro atoms. The van der Waals surface area contributed by atoms with Crippen LogP contribution in [-0.2, 0) is 0 Å². The summed E-state index contributed by atoms with van der Waals surface area (Å²) in [5.41, 5.74) is 7.37. The number of halogens is 3. The number of anilines is 1. The van der Waals surface area contributed by atoms with Crippen LogP contribution in [0.5, 0.6) is 0 Å². The number of fused-ring (bicyclic) bond motifs is 1. The number of nitrogen functional groups attached to an aromatic ring is 1. The number of nitrogens with one attached hydrogen (secondary N) is 1. The highest BCUT2D eigenvalue weighted by Gasteiger charge is 2.12. The molecule has 96 valence electrons. The van der Waals surface area contributed by atoms with E-state index in [1.165, 1.54) is 30.3 Å². The predicted molar refractivity (Wildman–Crippen MR) is 73.6 cm³/mol. The van der Waals surface area contributed by atoms with Crippen molar-refractivity contribution < 1.29 is 8.78 Å². The summed E-state index contributed by atoms with van der Waals surface area (Å²) in [5.74, 6) is -0.527. The second-order valence-corrected chi connectivity index (χ2v) is 4.96. The van der Waals surface area contributed by atoms with Crippen molar-refractivity contribution in [3.05, 3.63) is 46.4 Å². The zero-order valence-corrected chi connectivity index (χ0v) is 11.1. The molecule has 0 atom stereocenters. The van der Waals surface area contributed by atoms with E-state index in [0.29, 0.717) is 27.0 Å². The van der Waals surface area contributed by atoms with Gasteiger partial charge < -0.3 is 10.7 Å². The Hall–Kier alpha value is -1.95. The molecule has 3 N–H and O–H groups in total. The monoisotopic (exact) mass is 323 g/mol. The smallest absolute Gasteiger partial charge is 0.141 e. The van der Waals surface area contributed by atoms with Crippen molar-refractivity contribution in [1.29, 1.82) is 0 Å². The van der Waals surface area contributed by atoms with E-state index in [2.05, 4.69) is 25.9 Å². The van der Waals surface area contributed by atoms with Gasteiger partial charge in [0.2, 0.25) is 0 Å². The van der Waals surface area contributed by atoms with Crippen molar-refractivity contribution in [1.82, 2.24) is 9.97 Å². The Morgan fingerprint density at radius 3 is 2.68 bits per heavy atom. The number of hydrogen-bond acceptors (Lipinski definition) is 2. The lowest BCUT2D eigenvalue weighted by molar-refractivity contribution is 0.623. The van der Waals surface area contributed by atoms with Gasteiger partial charge in [0.1, 0.15) is 17.5 Å². The summed E-state index contributed by atoms with van der Waals surface area (Å²) in [6, 6.07) is 7.07. The first-order chi connectivity index (χ1) is 9.04. The molecule has 6 heteroatoms. The fourth-order valence-corrected chi connectivity index (χ4v) is 2.19. The summed E-state index contributed by atoms with van der Waals surface area (Å²) in [6.07, 6.45) is 0. The van der Waals surface area contributed by atoms with Gasteiger partial charge in [-0.05, 0) is 40.2 Å². The first-order valence-electron chi connectivity index (χ1n) is 5.45. The SMILES string of the molecule is Nc1ccc(F)c(-c2nc3cc(Br)c(F)cc3[nH]2)c1. The van der Waals surface area contributed by atoms with E-state index in [4.69, 9.17) is 5.73 Å². The average Bonchev–Trinajstić information content (AvgIpc) is 2.75. The van der Waals surface area contributed by atoms with Gasteiger partial charge in [0.25, 0.3) is 0 Å². The summed E-state index contributed by atoms with van der Waals surface area (Å²) >= 11 is 3.08. The number of hydrogen-bond donors (Lipinski definition) is 2. The van der Waals surface area contributed by atoms with Gasteiger partial charge in [0, 0.05) is 11.8 Å². The molecule has 1 heterocycles. The molecule has 3 rings (SSSR count). The number of benzene rings is 2. The van der Waals surface area contributed by atoms with Crippen LogP contribution in [0.1, 0.15) is 0 Å². The van der Waals surface area contributed by atoms with Gasteiger partial charge >= 0.3 is 0 Å². The Bertz CT molecular complexity index is 744. The minimum atomic E-state index is -0.437. The van der Waals surface area contributed by atoms with Gasteiger partial charge in [-0.25, -0.2) is 13.8 Å². The Balaban J connectivity index is 2.23. The van der Waals surface area contributed by atoms with Gasteiger partial charge in [0.15, 0.2) is 0 Å². The van der Waals surface area contributed by atoms with Crippen molar-refractivity contribution >= 4 is 32.7 Å². The van der Waals surface area contributed by atoms with Crippen LogP contribution in [0.15, 0.2) is 34.8 Å². The van der Waals surface area contributed by atoms with Crippen molar-refractivity contribution in [3.8, 4) is 11.4 Å². The number of nitrogens with zero attached hydrogens (tertiary/aromatic N) is 1. The van der Waals surface area contributed by atoms with Crippen molar-refractivity contribution in [2.45, 2.75) is 0 Å². The highest BCUT2D eigenvalue weighted by molar-refractivity contribution is 9.10. The Labute approximate surface area is 115 Å². The summed E-state index contributed by atoms with van der Waals surface area (Å²) in [4.78, 5) is 7.12. The topological polar surface area (TPSA) is 54.7 Å². The highest BCUT2D eigenvalue weighted by Crippen LogP contribution is 2.27. The molecule has 0 aliphatic heterocycles. The average molecular weight is 324 g/mol. The van der Waals surface area contributed by atoms with Crippen LogP contribution in [0, 0.1) is 11.6 Å². The van der Waals surface area contributed by atoms with Crippen LogP contribution in [0.2, 0.25) is 0 Å². The van der Waals surface area contributed by atoms with E-state index in [1.54, 1.807) is 0 Å². The van der Waals surface area contributed by atoms with Gasteiger partial charge in [-0.3, -0.25) is 0 Å². The molecule has 0 radical (unpaired) electrons. The van der Waals surface area contributed by atoms with Crippen LogP contribution in [0.25, 0.3) is 22.4 Å². The Kier molecular flexibility index (Phi) is 2.74. The van der Waals surface area contributed by atoms with Crippen LogP contribution < -0.4 is 5.73 Å². The quantitative estimate of drug-likeness (QED) is 0.668. The highest BCUT2D eigenvalue weighted by atomic mass is 79.9. The van der Waals surface area contributed by atoms with Crippen molar-refractivity contribution in [2.24, 2.45) is 0 Å². The molecule has 3 nitrogen and oxygen atoms in total. The number of rotatable bonds is 1. The number of imidazole rings is 1. The Morgan fingerprint density at radius 2 is 1.89 bits per heavy atom. The largest absolute Gasteiger partial charge is 0.399 e. The van der Waals surface area contributed by atoms with Crippen LogP contribution in [-0.4, -0.2) is 9.97 Å². The predicted octanol–water partition coefficient (Wildman–Crippen LogP) is 3.85. The molecule has 0 amide bonds. The third kappa shape index (κ3) is 2.08. The summed E-state index contributed by atoms with van der Waals surface area (Å²) in [6.45, 7) is 0.